The molecule has 0 spiro atoms. The highest BCUT2D eigenvalue weighted by atomic mass is 16.7. The summed E-state index contributed by atoms with van der Waals surface area (Å²) >= 11 is 0. The molecule has 0 aromatic carbocycles. The Morgan fingerprint density at radius 2 is 1.83 bits per heavy atom. The van der Waals surface area contributed by atoms with Crippen molar-refractivity contribution in [1.29, 1.82) is 0 Å². The lowest BCUT2D eigenvalue weighted by molar-refractivity contribution is -0.213. The molecule has 1 aliphatic heterocycles. The molecule has 230 valence electrons. The van der Waals surface area contributed by atoms with Gasteiger partial charge < -0.3 is 29.5 Å². The number of allylic oxidation sites excluding steroid dienone is 3. The highest BCUT2D eigenvalue weighted by Gasteiger charge is 2.71. The molecule has 5 aliphatic rings. The fourth-order valence-electron chi connectivity index (χ4n) is 10.4. The van der Waals surface area contributed by atoms with Crippen molar-refractivity contribution in [3.63, 3.8) is 0 Å². The largest absolute Gasteiger partial charge is 0.462 e. The lowest BCUT2D eigenvalue weighted by Gasteiger charge is -2.67. The highest BCUT2D eigenvalue weighted by molar-refractivity contribution is 5.95. The van der Waals surface area contributed by atoms with Gasteiger partial charge >= 0.3 is 5.97 Å². The standard InChI is InChI=1S/C33H50O8/c1-17(34)40-25-15-23-29(2,3)24(36)12-13-31(23,6)26-20(35)16-32(7)19(10-11-22(32)33(25,26)8)18-14-21(41-28(18)39-9)27(37)30(4,5)38/h11-13,18-21,23,25-28,35,37-38H,10,14-16H2,1-9H3/t18-,19-,20+,21+,23-,25+,26+,27-,28-,31-,32-,33+/m0/s1. The van der Waals surface area contributed by atoms with E-state index in [1.807, 2.05) is 19.9 Å². The van der Waals surface area contributed by atoms with Crippen LogP contribution in [0.1, 0.15) is 81.1 Å². The molecule has 1 heterocycles. The number of aliphatic hydroxyl groups is 3. The normalized spacial score (nSPS) is 47.7. The van der Waals surface area contributed by atoms with Crippen LogP contribution in [-0.2, 0) is 23.8 Å². The molecule has 2 saturated carbocycles. The maximum absolute atomic E-state index is 13.1. The van der Waals surface area contributed by atoms with E-state index in [0.29, 0.717) is 19.3 Å². The van der Waals surface area contributed by atoms with E-state index < -0.39 is 58.0 Å². The van der Waals surface area contributed by atoms with E-state index in [2.05, 4.69) is 26.8 Å². The molecule has 4 aliphatic carbocycles. The first-order valence-electron chi connectivity index (χ1n) is 15.2. The topological polar surface area (TPSA) is 123 Å². The fourth-order valence-corrected chi connectivity index (χ4v) is 10.4. The second-order valence-corrected chi connectivity index (χ2v) is 15.4. The van der Waals surface area contributed by atoms with Crippen molar-refractivity contribution >= 4 is 11.8 Å². The van der Waals surface area contributed by atoms with Gasteiger partial charge in [-0.3, -0.25) is 9.59 Å². The van der Waals surface area contributed by atoms with Crippen molar-refractivity contribution in [2.24, 2.45) is 45.3 Å². The number of methoxy groups -OCH3 is 1. The number of aliphatic hydroxyl groups excluding tert-OH is 2. The van der Waals surface area contributed by atoms with Crippen LogP contribution < -0.4 is 0 Å². The molecular weight excluding hydrogens is 524 g/mol. The highest BCUT2D eigenvalue weighted by Crippen LogP contribution is 2.72. The number of ether oxygens (including phenoxy) is 3. The summed E-state index contributed by atoms with van der Waals surface area (Å²) in [6, 6.07) is 0. The minimum atomic E-state index is -1.32. The number of hydrogen-bond acceptors (Lipinski definition) is 8. The van der Waals surface area contributed by atoms with Crippen molar-refractivity contribution in [3.05, 3.63) is 23.8 Å². The Morgan fingerprint density at radius 3 is 2.41 bits per heavy atom. The molecular formula is C33H50O8. The molecule has 0 unspecified atom stereocenters. The van der Waals surface area contributed by atoms with E-state index in [4.69, 9.17) is 14.2 Å². The minimum absolute atomic E-state index is 0.0531. The maximum Gasteiger partial charge on any atom is 0.302 e. The van der Waals surface area contributed by atoms with Gasteiger partial charge in [0.05, 0.1) is 17.8 Å². The number of carbonyl (C=O) groups is 2. The van der Waals surface area contributed by atoms with Gasteiger partial charge in [-0.05, 0) is 68.3 Å². The average molecular weight is 575 g/mol. The first-order valence-corrected chi connectivity index (χ1v) is 15.2. The number of fused-ring (bicyclic) bond motifs is 5. The van der Waals surface area contributed by atoms with Crippen LogP contribution in [0.3, 0.4) is 0 Å². The molecule has 0 amide bonds. The van der Waals surface area contributed by atoms with Crippen LogP contribution in [0.15, 0.2) is 23.8 Å². The SMILES string of the molecule is CO[C@H]1O[C@@H]([C@H](O)C(C)(C)O)C[C@H]1[C@@H]1CC=C2[C@@]3(C)[C@H]([C@H](O)C[C@]21C)[C@@]1(C)C=CC(=O)C(C)(C)[C@@H]1C[C@H]3OC(C)=O. The maximum atomic E-state index is 13.1. The van der Waals surface area contributed by atoms with Crippen molar-refractivity contribution in [3.8, 4) is 0 Å². The third kappa shape index (κ3) is 4.34. The van der Waals surface area contributed by atoms with Gasteiger partial charge in [0.2, 0.25) is 0 Å². The summed E-state index contributed by atoms with van der Waals surface area (Å²) in [4.78, 5) is 25.6. The predicted molar refractivity (Wildman–Crippen MR) is 152 cm³/mol. The number of carbonyl (C=O) groups excluding carboxylic acids is 2. The van der Waals surface area contributed by atoms with Crippen LogP contribution in [0.5, 0.6) is 0 Å². The lowest BCUT2D eigenvalue weighted by Crippen LogP contribution is -2.68. The van der Waals surface area contributed by atoms with Gasteiger partial charge in [0.15, 0.2) is 12.1 Å². The third-order valence-corrected chi connectivity index (χ3v) is 12.2. The van der Waals surface area contributed by atoms with Crippen LogP contribution in [0, 0.1) is 45.3 Å². The Balaban J connectivity index is 1.56. The number of ketones is 1. The van der Waals surface area contributed by atoms with Gasteiger partial charge in [-0.15, -0.1) is 0 Å². The molecule has 0 aromatic heterocycles. The summed E-state index contributed by atoms with van der Waals surface area (Å²) < 4.78 is 18.1. The Morgan fingerprint density at radius 1 is 1.17 bits per heavy atom. The van der Waals surface area contributed by atoms with Crippen LogP contribution in [0.2, 0.25) is 0 Å². The van der Waals surface area contributed by atoms with Gasteiger partial charge in [0, 0.05) is 36.7 Å². The molecule has 12 atom stereocenters. The average Bonchev–Trinajstić information content (AvgIpc) is 3.42. The van der Waals surface area contributed by atoms with Crippen molar-refractivity contribution in [2.75, 3.05) is 7.11 Å². The third-order valence-electron chi connectivity index (χ3n) is 12.2. The summed E-state index contributed by atoms with van der Waals surface area (Å²) in [6.07, 6.45) is 4.92. The molecule has 0 aromatic rings. The Kier molecular flexibility index (Phi) is 7.31. The molecule has 41 heavy (non-hydrogen) atoms. The van der Waals surface area contributed by atoms with Crippen molar-refractivity contribution < 1.29 is 39.1 Å². The van der Waals surface area contributed by atoms with Gasteiger partial charge in [0.25, 0.3) is 0 Å². The van der Waals surface area contributed by atoms with Gasteiger partial charge in [-0.25, -0.2) is 0 Å². The zero-order valence-corrected chi connectivity index (χ0v) is 26.1. The monoisotopic (exact) mass is 574 g/mol. The summed E-state index contributed by atoms with van der Waals surface area (Å²) in [5.41, 5.74) is -2.35. The van der Waals surface area contributed by atoms with Gasteiger partial charge in [-0.2, -0.15) is 0 Å². The Bertz CT molecular complexity index is 1150. The Labute approximate surface area is 244 Å². The molecule has 0 bridgehead atoms. The smallest absolute Gasteiger partial charge is 0.302 e. The van der Waals surface area contributed by atoms with E-state index in [0.717, 1.165) is 6.42 Å². The molecule has 8 heteroatoms. The Hall–Kier alpha value is -1.58. The van der Waals surface area contributed by atoms with Crippen LogP contribution >= 0.6 is 0 Å². The number of rotatable bonds is 5. The fraction of sp³-hybridized carbons (Fsp3) is 0.818. The number of esters is 1. The quantitative estimate of drug-likeness (QED) is 0.333. The zero-order chi connectivity index (χ0) is 30.5. The van der Waals surface area contributed by atoms with Gasteiger partial charge in [0.1, 0.15) is 12.2 Å². The van der Waals surface area contributed by atoms with E-state index in [1.54, 1.807) is 27.0 Å². The molecule has 8 nitrogen and oxygen atoms in total. The summed E-state index contributed by atoms with van der Waals surface area (Å²) in [6.45, 7) is 15.1. The van der Waals surface area contributed by atoms with Crippen LogP contribution in [0.25, 0.3) is 0 Å². The van der Waals surface area contributed by atoms with Crippen molar-refractivity contribution in [1.82, 2.24) is 0 Å². The van der Waals surface area contributed by atoms with Gasteiger partial charge in [-0.1, -0.05) is 52.3 Å². The summed E-state index contributed by atoms with van der Waals surface area (Å²) in [7, 11) is 1.60. The molecule has 3 N–H and O–H groups in total. The minimum Gasteiger partial charge on any atom is -0.462 e. The summed E-state index contributed by atoms with van der Waals surface area (Å²) in [5.74, 6) is -0.677. The number of hydrogen-bond donors (Lipinski definition) is 3. The van der Waals surface area contributed by atoms with E-state index in [-0.39, 0.29) is 35.4 Å². The predicted octanol–water partition coefficient (Wildman–Crippen LogP) is 3.96. The molecule has 3 fully saturated rings. The van der Waals surface area contributed by atoms with Crippen molar-refractivity contribution in [2.45, 2.75) is 117 Å². The molecule has 5 rings (SSSR count). The molecule has 1 saturated heterocycles. The second-order valence-electron chi connectivity index (χ2n) is 15.4. The second kappa shape index (κ2) is 9.71. The van der Waals surface area contributed by atoms with E-state index in [9.17, 15) is 24.9 Å². The van der Waals surface area contributed by atoms with Crippen LogP contribution in [-0.4, -0.2) is 70.5 Å². The first-order chi connectivity index (χ1) is 18.8. The van der Waals surface area contributed by atoms with Crippen LogP contribution in [0.4, 0.5) is 0 Å². The molecule has 0 radical (unpaired) electrons. The first kappa shape index (κ1) is 30.9. The van der Waals surface area contributed by atoms with E-state index in [1.165, 1.54) is 12.5 Å². The lowest BCUT2D eigenvalue weighted by atomic mass is 9.37. The summed E-state index contributed by atoms with van der Waals surface area (Å²) in [5, 5.41) is 33.5. The van der Waals surface area contributed by atoms with E-state index >= 15 is 0 Å². The zero-order valence-electron chi connectivity index (χ0n) is 26.1.